The number of carbonyl (C=O) groups excluding carboxylic acids is 1. The summed E-state index contributed by atoms with van der Waals surface area (Å²) in [5, 5.41) is 10.9. The van der Waals surface area contributed by atoms with E-state index >= 15 is 0 Å². The molecule has 0 aliphatic heterocycles. The maximum absolute atomic E-state index is 12.1. The summed E-state index contributed by atoms with van der Waals surface area (Å²) in [4.78, 5) is 11.6. The van der Waals surface area contributed by atoms with Crippen LogP contribution < -0.4 is 5.32 Å². The largest absolute Gasteiger partial charge is 0.416 e. The Morgan fingerprint density at radius 3 is 2.58 bits per heavy atom. The minimum absolute atomic E-state index is 0.0734. The fraction of sp³-hybridized carbons (Fsp3) is 0.462. The lowest BCUT2D eigenvalue weighted by Crippen LogP contribution is -2.41. The van der Waals surface area contributed by atoms with Gasteiger partial charge in [0.1, 0.15) is 0 Å². The van der Waals surface area contributed by atoms with E-state index in [2.05, 4.69) is 5.32 Å². The van der Waals surface area contributed by atoms with Gasteiger partial charge in [-0.2, -0.15) is 13.2 Å². The molecule has 104 valence electrons. The monoisotopic (exact) mass is 273 g/mol. The maximum Gasteiger partial charge on any atom is 0.416 e. The number of benzene rings is 1. The molecular formula is C13H14F3NO2. The maximum atomic E-state index is 12.1. The summed E-state index contributed by atoms with van der Waals surface area (Å²) in [5.74, 6) is -0.649. The molecule has 3 unspecified atom stereocenters. The molecular weight excluding hydrogens is 259 g/mol. The van der Waals surface area contributed by atoms with Crippen molar-refractivity contribution in [1.29, 1.82) is 0 Å². The molecule has 2 rings (SSSR count). The van der Waals surface area contributed by atoms with Crippen molar-refractivity contribution >= 4 is 5.91 Å². The van der Waals surface area contributed by atoms with Crippen LogP contribution >= 0.6 is 0 Å². The zero-order valence-corrected chi connectivity index (χ0v) is 10.0. The average molecular weight is 273 g/mol. The fourth-order valence-electron chi connectivity index (χ4n) is 2.00. The molecule has 1 aliphatic carbocycles. The molecule has 0 spiro atoms. The number of amides is 1. The van der Waals surface area contributed by atoms with Crippen molar-refractivity contribution in [2.24, 2.45) is 5.92 Å². The van der Waals surface area contributed by atoms with E-state index in [1.807, 2.05) is 30.3 Å². The Kier molecular flexibility index (Phi) is 3.80. The quantitative estimate of drug-likeness (QED) is 0.879. The predicted molar refractivity (Wildman–Crippen MR) is 62.4 cm³/mol. The third kappa shape index (κ3) is 3.47. The minimum Gasteiger partial charge on any atom is -0.382 e. The van der Waals surface area contributed by atoms with E-state index in [-0.39, 0.29) is 11.8 Å². The lowest BCUT2D eigenvalue weighted by Gasteiger charge is -2.14. The Hall–Kier alpha value is -1.56. The number of alkyl halides is 3. The van der Waals surface area contributed by atoms with Crippen molar-refractivity contribution in [3.8, 4) is 0 Å². The zero-order valence-electron chi connectivity index (χ0n) is 10.0. The minimum atomic E-state index is -4.70. The molecule has 1 saturated carbocycles. The summed E-state index contributed by atoms with van der Waals surface area (Å²) >= 11 is 0. The van der Waals surface area contributed by atoms with Gasteiger partial charge in [-0.05, 0) is 17.9 Å². The number of aliphatic hydroxyl groups excluding tert-OH is 1. The molecule has 1 aliphatic rings. The van der Waals surface area contributed by atoms with Gasteiger partial charge in [0, 0.05) is 5.92 Å². The molecule has 3 nitrogen and oxygen atoms in total. The lowest BCUT2D eigenvalue weighted by atomic mass is 10.1. The third-order valence-electron chi connectivity index (χ3n) is 3.20. The molecule has 1 aromatic carbocycles. The van der Waals surface area contributed by atoms with Crippen molar-refractivity contribution in [3.05, 3.63) is 35.9 Å². The third-order valence-corrected chi connectivity index (χ3v) is 3.20. The first-order valence-electron chi connectivity index (χ1n) is 5.97. The Morgan fingerprint density at radius 2 is 2.00 bits per heavy atom. The van der Waals surface area contributed by atoms with Crippen molar-refractivity contribution in [3.63, 3.8) is 0 Å². The SMILES string of the molecule is O=C(NCC(O)C(F)(F)F)C1CC1c1ccccc1. The molecule has 6 heteroatoms. The van der Waals surface area contributed by atoms with Gasteiger partial charge in [-0.3, -0.25) is 4.79 Å². The molecule has 1 fully saturated rings. The number of nitrogens with one attached hydrogen (secondary N) is 1. The summed E-state index contributed by atoms with van der Waals surface area (Å²) in [6.45, 7) is -0.791. The van der Waals surface area contributed by atoms with E-state index in [1.165, 1.54) is 0 Å². The first-order valence-corrected chi connectivity index (χ1v) is 5.97. The molecule has 1 amide bonds. The fourth-order valence-corrected chi connectivity index (χ4v) is 2.00. The molecule has 0 heterocycles. The van der Waals surface area contributed by atoms with E-state index in [0.717, 1.165) is 5.56 Å². The van der Waals surface area contributed by atoms with E-state index in [4.69, 9.17) is 5.11 Å². The summed E-state index contributed by atoms with van der Waals surface area (Å²) in [6, 6.07) is 9.36. The summed E-state index contributed by atoms with van der Waals surface area (Å²) in [6.07, 6.45) is -6.57. The van der Waals surface area contributed by atoms with E-state index in [1.54, 1.807) is 0 Å². The van der Waals surface area contributed by atoms with Gasteiger partial charge in [0.15, 0.2) is 6.10 Å². The predicted octanol–water partition coefficient (Wildman–Crippen LogP) is 1.83. The number of rotatable bonds is 4. The second-order valence-corrected chi connectivity index (χ2v) is 4.66. The Morgan fingerprint density at radius 1 is 1.37 bits per heavy atom. The van der Waals surface area contributed by atoms with Crippen molar-refractivity contribution in [2.45, 2.75) is 24.6 Å². The summed E-state index contributed by atoms with van der Waals surface area (Å²) < 4.78 is 36.2. The first-order chi connectivity index (χ1) is 8.89. The van der Waals surface area contributed by atoms with Gasteiger partial charge in [-0.15, -0.1) is 0 Å². The van der Waals surface area contributed by atoms with E-state index < -0.39 is 24.7 Å². The number of halogens is 3. The Bertz CT molecular complexity index is 447. The second kappa shape index (κ2) is 5.21. The van der Waals surface area contributed by atoms with Crippen LogP contribution in [0, 0.1) is 5.92 Å². The summed E-state index contributed by atoms with van der Waals surface area (Å²) in [5.41, 5.74) is 1.01. The Labute approximate surface area is 108 Å². The molecule has 3 atom stereocenters. The molecule has 0 bridgehead atoms. The zero-order chi connectivity index (χ0) is 14.0. The number of aliphatic hydroxyl groups is 1. The number of hydrogen-bond acceptors (Lipinski definition) is 2. The normalized spacial score (nSPS) is 23.8. The standard InChI is InChI=1S/C13H14F3NO2/c14-13(15,16)11(18)7-17-12(19)10-6-9(10)8-4-2-1-3-5-8/h1-5,9-11,18H,6-7H2,(H,17,19). The molecule has 2 N–H and O–H groups in total. The highest BCUT2D eigenvalue weighted by Gasteiger charge is 2.45. The van der Waals surface area contributed by atoms with Crippen LogP contribution in [0.15, 0.2) is 30.3 Å². The van der Waals surface area contributed by atoms with Gasteiger partial charge in [0.05, 0.1) is 6.54 Å². The average Bonchev–Trinajstić information content (AvgIpc) is 3.15. The van der Waals surface area contributed by atoms with Crippen LogP contribution in [-0.2, 0) is 4.79 Å². The van der Waals surface area contributed by atoms with Gasteiger partial charge in [0.2, 0.25) is 5.91 Å². The highest BCUT2D eigenvalue weighted by atomic mass is 19.4. The highest BCUT2D eigenvalue weighted by Crippen LogP contribution is 2.47. The van der Waals surface area contributed by atoms with Crippen LogP contribution in [0.4, 0.5) is 13.2 Å². The second-order valence-electron chi connectivity index (χ2n) is 4.66. The van der Waals surface area contributed by atoms with Gasteiger partial charge in [-0.25, -0.2) is 0 Å². The number of hydrogen-bond donors (Lipinski definition) is 2. The van der Waals surface area contributed by atoms with E-state index in [9.17, 15) is 18.0 Å². The van der Waals surface area contributed by atoms with Gasteiger partial charge >= 0.3 is 6.18 Å². The van der Waals surface area contributed by atoms with Crippen LogP contribution in [0.25, 0.3) is 0 Å². The topological polar surface area (TPSA) is 49.3 Å². The van der Waals surface area contributed by atoms with Crippen molar-refractivity contribution < 1.29 is 23.1 Å². The molecule has 19 heavy (non-hydrogen) atoms. The van der Waals surface area contributed by atoms with Crippen LogP contribution in [0.3, 0.4) is 0 Å². The molecule has 1 aromatic rings. The van der Waals surface area contributed by atoms with Crippen LogP contribution in [-0.4, -0.2) is 29.8 Å². The molecule has 0 aromatic heterocycles. The Balaban J connectivity index is 1.81. The molecule has 0 radical (unpaired) electrons. The first kappa shape index (κ1) is 13.9. The van der Waals surface area contributed by atoms with Gasteiger partial charge < -0.3 is 10.4 Å². The van der Waals surface area contributed by atoms with Crippen LogP contribution in [0.2, 0.25) is 0 Å². The molecule has 0 saturated heterocycles. The van der Waals surface area contributed by atoms with E-state index in [0.29, 0.717) is 6.42 Å². The smallest absolute Gasteiger partial charge is 0.382 e. The van der Waals surface area contributed by atoms with Crippen molar-refractivity contribution in [1.82, 2.24) is 5.32 Å². The van der Waals surface area contributed by atoms with Gasteiger partial charge in [0.25, 0.3) is 0 Å². The van der Waals surface area contributed by atoms with Gasteiger partial charge in [-0.1, -0.05) is 30.3 Å². The van der Waals surface area contributed by atoms with Crippen molar-refractivity contribution in [2.75, 3.05) is 6.54 Å². The van der Waals surface area contributed by atoms with Crippen LogP contribution in [0.1, 0.15) is 17.9 Å². The highest BCUT2D eigenvalue weighted by molar-refractivity contribution is 5.82. The number of carbonyl (C=O) groups is 1. The lowest BCUT2D eigenvalue weighted by molar-refractivity contribution is -0.201. The summed E-state index contributed by atoms with van der Waals surface area (Å²) in [7, 11) is 0. The van der Waals surface area contributed by atoms with Crippen LogP contribution in [0.5, 0.6) is 0 Å².